The number of carbonyl (C=O) groups is 1. The number of para-hydroxylation sites is 1. The van der Waals surface area contributed by atoms with Gasteiger partial charge in [0.1, 0.15) is 18.1 Å². The number of carbonyl (C=O) groups excluding carboxylic acids is 1. The fraction of sp³-hybridized carbons (Fsp3) is 0.300. The van der Waals surface area contributed by atoms with Gasteiger partial charge >= 0.3 is 0 Å². The van der Waals surface area contributed by atoms with Crippen molar-refractivity contribution in [3.05, 3.63) is 60.4 Å². The van der Waals surface area contributed by atoms with Gasteiger partial charge < -0.3 is 20.7 Å². The first-order valence-electron chi connectivity index (χ1n) is 8.93. The lowest BCUT2D eigenvalue weighted by atomic mass is 10.3. The molecule has 0 saturated carbocycles. The Morgan fingerprint density at radius 2 is 1.81 bits per heavy atom. The molecule has 0 aliphatic rings. The number of aliphatic imine (C=N–C) groups is 1. The number of hydrogen-bond acceptors (Lipinski definition) is 3. The van der Waals surface area contributed by atoms with Crippen molar-refractivity contribution < 1.29 is 13.9 Å². The van der Waals surface area contributed by atoms with Gasteiger partial charge in [-0.25, -0.2) is 9.38 Å². The average Bonchev–Trinajstić information content (AvgIpc) is 2.68. The van der Waals surface area contributed by atoms with Crippen molar-refractivity contribution in [2.24, 2.45) is 4.99 Å². The second-order valence-corrected chi connectivity index (χ2v) is 5.69. The Kier molecular flexibility index (Phi) is 8.62. The highest BCUT2D eigenvalue weighted by Crippen LogP contribution is 2.08. The van der Waals surface area contributed by atoms with Crippen molar-refractivity contribution in [2.45, 2.75) is 13.3 Å². The molecule has 0 bridgehead atoms. The number of hydrogen-bond donors (Lipinski definition) is 3. The summed E-state index contributed by atoms with van der Waals surface area (Å²) in [5.74, 6) is 0.786. The van der Waals surface area contributed by atoms with E-state index < -0.39 is 0 Å². The van der Waals surface area contributed by atoms with Gasteiger partial charge in [-0.2, -0.15) is 0 Å². The molecule has 7 heteroatoms. The molecule has 0 aromatic heterocycles. The number of benzene rings is 2. The molecule has 6 nitrogen and oxygen atoms in total. The molecule has 0 heterocycles. The quantitative estimate of drug-likeness (QED) is 0.359. The first kappa shape index (κ1) is 20.2. The van der Waals surface area contributed by atoms with Crippen LogP contribution in [0.15, 0.2) is 59.6 Å². The van der Waals surface area contributed by atoms with Crippen LogP contribution in [-0.2, 0) is 4.79 Å². The van der Waals surface area contributed by atoms with Crippen LogP contribution in [0, 0.1) is 5.82 Å². The molecule has 3 N–H and O–H groups in total. The minimum atomic E-state index is -0.346. The molecule has 0 fully saturated rings. The molecule has 27 heavy (non-hydrogen) atoms. The van der Waals surface area contributed by atoms with Crippen molar-refractivity contribution >= 4 is 17.6 Å². The number of halogens is 1. The monoisotopic (exact) mass is 372 g/mol. The fourth-order valence-electron chi connectivity index (χ4n) is 2.21. The van der Waals surface area contributed by atoms with Crippen LogP contribution in [0.2, 0.25) is 0 Å². The van der Waals surface area contributed by atoms with E-state index in [0.717, 1.165) is 12.2 Å². The molecular formula is C20H25FN4O2. The Morgan fingerprint density at radius 3 is 2.52 bits per heavy atom. The Labute approximate surface area is 158 Å². The van der Waals surface area contributed by atoms with E-state index in [1.807, 2.05) is 37.3 Å². The van der Waals surface area contributed by atoms with Crippen LogP contribution >= 0.6 is 0 Å². The summed E-state index contributed by atoms with van der Waals surface area (Å²) < 4.78 is 18.5. The standard InChI is InChI=1S/C20H25FN4O2/c1-2-22-20(23-13-6-14-27-18-7-4-3-5-8-18)24-15-19(26)25-17-11-9-16(21)10-12-17/h3-5,7-12H,2,6,13-15H2,1H3,(H,25,26)(H2,22,23,24). The predicted octanol–water partition coefficient (Wildman–Crippen LogP) is 2.79. The number of ether oxygens (including phenoxy) is 1. The molecule has 2 rings (SSSR count). The molecule has 2 aromatic rings. The number of guanidine groups is 1. The Bertz CT molecular complexity index is 721. The van der Waals surface area contributed by atoms with Crippen LogP contribution in [0.5, 0.6) is 5.75 Å². The van der Waals surface area contributed by atoms with Gasteiger partial charge in [-0.1, -0.05) is 18.2 Å². The maximum absolute atomic E-state index is 12.9. The highest BCUT2D eigenvalue weighted by molar-refractivity contribution is 5.94. The van der Waals surface area contributed by atoms with Gasteiger partial charge in [0.05, 0.1) is 6.61 Å². The summed E-state index contributed by atoms with van der Waals surface area (Å²) in [5, 5.41) is 8.92. The lowest BCUT2D eigenvalue weighted by Gasteiger charge is -2.12. The molecule has 0 atom stereocenters. The van der Waals surface area contributed by atoms with E-state index in [2.05, 4.69) is 20.9 Å². The topological polar surface area (TPSA) is 74.8 Å². The number of anilines is 1. The summed E-state index contributed by atoms with van der Waals surface area (Å²) in [6.07, 6.45) is 0.793. The first-order chi connectivity index (χ1) is 13.2. The predicted molar refractivity (Wildman–Crippen MR) is 106 cm³/mol. The fourth-order valence-corrected chi connectivity index (χ4v) is 2.21. The van der Waals surface area contributed by atoms with Crippen LogP contribution in [0.4, 0.5) is 10.1 Å². The van der Waals surface area contributed by atoms with E-state index in [1.165, 1.54) is 24.3 Å². The van der Waals surface area contributed by atoms with Crippen LogP contribution in [-0.4, -0.2) is 38.1 Å². The molecule has 0 spiro atoms. The summed E-state index contributed by atoms with van der Waals surface area (Å²) in [6, 6.07) is 15.2. The number of amides is 1. The largest absolute Gasteiger partial charge is 0.494 e. The Morgan fingerprint density at radius 1 is 1.07 bits per heavy atom. The van der Waals surface area contributed by atoms with Gasteiger partial charge in [0.15, 0.2) is 5.96 Å². The lowest BCUT2D eigenvalue weighted by Crippen LogP contribution is -2.38. The molecule has 0 radical (unpaired) electrons. The minimum Gasteiger partial charge on any atom is -0.494 e. The maximum Gasteiger partial charge on any atom is 0.246 e. The van der Waals surface area contributed by atoms with Gasteiger partial charge in [0.2, 0.25) is 5.91 Å². The van der Waals surface area contributed by atoms with Crippen LogP contribution in [0.3, 0.4) is 0 Å². The van der Waals surface area contributed by atoms with Gasteiger partial charge in [0.25, 0.3) is 0 Å². The summed E-state index contributed by atoms with van der Waals surface area (Å²) in [5.41, 5.74) is 0.535. The Balaban J connectivity index is 1.70. The zero-order chi connectivity index (χ0) is 19.3. The second kappa shape index (κ2) is 11.5. The van der Waals surface area contributed by atoms with Crippen LogP contribution in [0.1, 0.15) is 13.3 Å². The number of rotatable bonds is 9. The van der Waals surface area contributed by atoms with E-state index in [1.54, 1.807) is 0 Å². The molecule has 2 aromatic carbocycles. The molecular weight excluding hydrogens is 347 g/mol. The van der Waals surface area contributed by atoms with Crippen LogP contribution in [0.25, 0.3) is 0 Å². The highest BCUT2D eigenvalue weighted by atomic mass is 19.1. The first-order valence-corrected chi connectivity index (χ1v) is 8.93. The molecule has 0 aliphatic heterocycles. The molecule has 1 amide bonds. The average molecular weight is 372 g/mol. The summed E-state index contributed by atoms with van der Waals surface area (Å²) in [4.78, 5) is 16.2. The Hall–Kier alpha value is -3.09. The van der Waals surface area contributed by atoms with E-state index in [-0.39, 0.29) is 18.3 Å². The maximum atomic E-state index is 12.9. The third-order valence-electron chi connectivity index (χ3n) is 3.48. The third kappa shape index (κ3) is 8.22. The van der Waals surface area contributed by atoms with E-state index in [0.29, 0.717) is 31.3 Å². The third-order valence-corrected chi connectivity index (χ3v) is 3.48. The molecule has 0 aliphatic carbocycles. The van der Waals surface area contributed by atoms with E-state index in [4.69, 9.17) is 4.74 Å². The SMILES string of the molecule is CCNC(=NCC(=O)Nc1ccc(F)cc1)NCCCOc1ccccc1. The van der Waals surface area contributed by atoms with Crippen molar-refractivity contribution in [1.82, 2.24) is 10.6 Å². The zero-order valence-corrected chi connectivity index (χ0v) is 15.4. The highest BCUT2D eigenvalue weighted by Gasteiger charge is 2.03. The van der Waals surface area contributed by atoms with Gasteiger partial charge in [0, 0.05) is 18.8 Å². The van der Waals surface area contributed by atoms with Gasteiger partial charge in [-0.15, -0.1) is 0 Å². The molecule has 144 valence electrons. The lowest BCUT2D eigenvalue weighted by molar-refractivity contribution is -0.114. The van der Waals surface area contributed by atoms with Gasteiger partial charge in [-0.3, -0.25) is 4.79 Å². The summed E-state index contributed by atoms with van der Waals surface area (Å²) in [7, 11) is 0. The van der Waals surface area contributed by atoms with Crippen molar-refractivity contribution in [3.8, 4) is 5.75 Å². The summed E-state index contributed by atoms with van der Waals surface area (Å²) >= 11 is 0. The zero-order valence-electron chi connectivity index (χ0n) is 15.4. The van der Waals surface area contributed by atoms with Crippen molar-refractivity contribution in [1.29, 1.82) is 0 Å². The molecule has 0 unspecified atom stereocenters. The normalized spacial score (nSPS) is 11.0. The minimum absolute atomic E-state index is 0.0345. The van der Waals surface area contributed by atoms with E-state index >= 15 is 0 Å². The van der Waals surface area contributed by atoms with Crippen LogP contribution < -0.4 is 20.7 Å². The number of nitrogens with one attached hydrogen (secondary N) is 3. The van der Waals surface area contributed by atoms with Crippen molar-refractivity contribution in [3.63, 3.8) is 0 Å². The van der Waals surface area contributed by atoms with E-state index in [9.17, 15) is 9.18 Å². The number of nitrogens with zero attached hydrogens (tertiary/aromatic N) is 1. The molecule has 0 saturated heterocycles. The van der Waals surface area contributed by atoms with Gasteiger partial charge in [-0.05, 0) is 49.7 Å². The smallest absolute Gasteiger partial charge is 0.246 e. The summed E-state index contributed by atoms with van der Waals surface area (Å²) in [6.45, 7) is 3.85. The second-order valence-electron chi connectivity index (χ2n) is 5.69. The van der Waals surface area contributed by atoms with Crippen molar-refractivity contribution in [2.75, 3.05) is 31.6 Å².